The molecular formula is C17H19NO2S. The molecule has 1 heterocycles. The van der Waals surface area contributed by atoms with Crippen LogP contribution in [0.1, 0.15) is 17.2 Å². The summed E-state index contributed by atoms with van der Waals surface area (Å²) < 4.78 is 10.8. The molecule has 2 aromatic carbocycles. The maximum atomic E-state index is 5.45. The van der Waals surface area contributed by atoms with Crippen molar-refractivity contribution in [3.05, 3.63) is 53.6 Å². The van der Waals surface area contributed by atoms with Crippen LogP contribution in [-0.4, -0.2) is 19.6 Å². The van der Waals surface area contributed by atoms with Gasteiger partial charge in [0.1, 0.15) is 0 Å². The molecule has 2 aromatic rings. The molecule has 0 radical (unpaired) electrons. The van der Waals surface area contributed by atoms with Gasteiger partial charge in [-0.2, -0.15) is 0 Å². The topological polar surface area (TPSA) is 30.5 Å². The Morgan fingerprint density at radius 3 is 2.62 bits per heavy atom. The molecule has 0 aliphatic carbocycles. The van der Waals surface area contributed by atoms with Crippen molar-refractivity contribution in [3.63, 3.8) is 0 Å². The molecule has 1 aliphatic heterocycles. The largest absolute Gasteiger partial charge is 0.454 e. The van der Waals surface area contributed by atoms with Crippen LogP contribution in [0.2, 0.25) is 0 Å². The number of fused-ring (bicyclic) bond motifs is 1. The average Bonchev–Trinajstić information content (AvgIpc) is 2.97. The van der Waals surface area contributed by atoms with Gasteiger partial charge < -0.3 is 14.8 Å². The second kappa shape index (κ2) is 6.41. The van der Waals surface area contributed by atoms with Crippen LogP contribution in [0.5, 0.6) is 11.5 Å². The third-order valence-electron chi connectivity index (χ3n) is 3.59. The molecule has 0 fully saturated rings. The Balaban J connectivity index is 1.68. The van der Waals surface area contributed by atoms with Crippen LogP contribution in [-0.2, 0) is 0 Å². The van der Waals surface area contributed by atoms with E-state index in [9.17, 15) is 0 Å². The highest BCUT2D eigenvalue weighted by atomic mass is 32.2. The fraction of sp³-hybridized carbons (Fsp3) is 0.294. The van der Waals surface area contributed by atoms with Crippen LogP contribution < -0.4 is 14.8 Å². The van der Waals surface area contributed by atoms with Gasteiger partial charge >= 0.3 is 0 Å². The number of rotatable bonds is 5. The van der Waals surface area contributed by atoms with Crippen LogP contribution in [0.25, 0.3) is 0 Å². The Hall–Kier alpha value is -1.65. The highest BCUT2D eigenvalue weighted by Crippen LogP contribution is 2.35. The Labute approximate surface area is 129 Å². The summed E-state index contributed by atoms with van der Waals surface area (Å²) in [5, 5.41) is 3.37. The van der Waals surface area contributed by atoms with Gasteiger partial charge in [-0.3, -0.25) is 0 Å². The Morgan fingerprint density at radius 2 is 1.86 bits per heavy atom. The van der Waals surface area contributed by atoms with Gasteiger partial charge in [-0.15, -0.1) is 11.8 Å². The molecule has 0 amide bonds. The first-order chi connectivity index (χ1) is 10.3. The number of nitrogens with one attached hydrogen (secondary N) is 1. The van der Waals surface area contributed by atoms with Gasteiger partial charge in [0.15, 0.2) is 11.5 Å². The van der Waals surface area contributed by atoms with Crippen LogP contribution in [0, 0.1) is 6.92 Å². The molecule has 0 saturated heterocycles. The van der Waals surface area contributed by atoms with Gasteiger partial charge in [-0.1, -0.05) is 23.8 Å². The molecule has 4 heteroatoms. The lowest BCUT2D eigenvalue weighted by Gasteiger charge is -2.16. The minimum atomic E-state index is 0.283. The third kappa shape index (κ3) is 3.34. The molecule has 3 nitrogen and oxygen atoms in total. The van der Waals surface area contributed by atoms with E-state index >= 15 is 0 Å². The lowest BCUT2D eigenvalue weighted by atomic mass is 10.1. The van der Waals surface area contributed by atoms with Crippen molar-refractivity contribution in [2.75, 3.05) is 19.6 Å². The van der Waals surface area contributed by atoms with Gasteiger partial charge in [0.25, 0.3) is 0 Å². The minimum absolute atomic E-state index is 0.283. The molecule has 21 heavy (non-hydrogen) atoms. The van der Waals surface area contributed by atoms with E-state index < -0.39 is 0 Å². The fourth-order valence-corrected chi connectivity index (χ4v) is 3.34. The van der Waals surface area contributed by atoms with E-state index in [-0.39, 0.29) is 6.04 Å². The summed E-state index contributed by atoms with van der Waals surface area (Å²) in [7, 11) is 1.99. The zero-order chi connectivity index (χ0) is 14.7. The second-order valence-electron chi connectivity index (χ2n) is 5.08. The third-order valence-corrected chi connectivity index (χ3v) is 4.69. The first kappa shape index (κ1) is 14.3. The molecule has 110 valence electrons. The molecule has 0 bridgehead atoms. The molecular weight excluding hydrogens is 282 g/mol. The van der Waals surface area contributed by atoms with Gasteiger partial charge in [0, 0.05) is 16.7 Å². The highest BCUT2D eigenvalue weighted by molar-refractivity contribution is 7.99. The maximum Gasteiger partial charge on any atom is 0.231 e. The monoisotopic (exact) mass is 301 g/mol. The molecule has 0 spiro atoms. The summed E-state index contributed by atoms with van der Waals surface area (Å²) in [4.78, 5) is 1.29. The van der Waals surface area contributed by atoms with Gasteiger partial charge in [0.05, 0.1) is 0 Å². The average molecular weight is 301 g/mol. The zero-order valence-corrected chi connectivity index (χ0v) is 13.1. The van der Waals surface area contributed by atoms with Crippen molar-refractivity contribution in [1.29, 1.82) is 0 Å². The normalized spacial score (nSPS) is 14.2. The summed E-state index contributed by atoms with van der Waals surface area (Å²) in [6, 6.07) is 15.1. The molecule has 0 aromatic heterocycles. The van der Waals surface area contributed by atoms with Crippen LogP contribution in [0.15, 0.2) is 47.4 Å². The molecule has 1 N–H and O–H groups in total. The van der Waals surface area contributed by atoms with Crippen molar-refractivity contribution in [2.45, 2.75) is 17.9 Å². The first-order valence-corrected chi connectivity index (χ1v) is 8.01. The fourth-order valence-electron chi connectivity index (χ4n) is 2.29. The van der Waals surface area contributed by atoms with Crippen molar-refractivity contribution in [1.82, 2.24) is 5.32 Å². The van der Waals surface area contributed by atoms with Crippen molar-refractivity contribution < 1.29 is 9.47 Å². The van der Waals surface area contributed by atoms with E-state index in [0.717, 1.165) is 17.3 Å². The summed E-state index contributed by atoms with van der Waals surface area (Å²) >= 11 is 1.86. The number of hydrogen-bond donors (Lipinski definition) is 1. The Bertz CT molecular complexity index is 613. The maximum absolute atomic E-state index is 5.45. The second-order valence-corrected chi connectivity index (χ2v) is 6.17. The molecule has 1 aliphatic rings. The van der Waals surface area contributed by atoms with E-state index in [1.54, 1.807) is 0 Å². The van der Waals surface area contributed by atoms with Crippen molar-refractivity contribution >= 4 is 11.8 Å². The van der Waals surface area contributed by atoms with Gasteiger partial charge in [-0.05, 0) is 43.8 Å². The van der Waals surface area contributed by atoms with Crippen LogP contribution >= 0.6 is 11.8 Å². The summed E-state index contributed by atoms with van der Waals surface area (Å²) in [5.41, 5.74) is 2.52. The molecule has 3 rings (SSSR count). The van der Waals surface area contributed by atoms with E-state index in [1.807, 2.05) is 24.9 Å². The molecule has 0 saturated carbocycles. The molecule has 1 unspecified atom stereocenters. The van der Waals surface area contributed by atoms with Crippen LogP contribution in [0.4, 0.5) is 0 Å². The number of benzene rings is 2. The number of hydrogen-bond acceptors (Lipinski definition) is 4. The van der Waals surface area contributed by atoms with Gasteiger partial charge in [0.2, 0.25) is 6.79 Å². The van der Waals surface area contributed by atoms with E-state index in [0.29, 0.717) is 6.79 Å². The Morgan fingerprint density at radius 1 is 1.10 bits per heavy atom. The van der Waals surface area contributed by atoms with Gasteiger partial charge in [-0.25, -0.2) is 0 Å². The van der Waals surface area contributed by atoms with E-state index in [4.69, 9.17) is 9.47 Å². The number of aryl methyl sites for hydroxylation is 1. The van der Waals surface area contributed by atoms with Crippen LogP contribution in [0.3, 0.4) is 0 Å². The zero-order valence-electron chi connectivity index (χ0n) is 12.3. The van der Waals surface area contributed by atoms with Crippen molar-refractivity contribution in [2.24, 2.45) is 0 Å². The van der Waals surface area contributed by atoms with Crippen molar-refractivity contribution in [3.8, 4) is 11.5 Å². The SMILES string of the molecule is CNC(CSc1ccc(C)cc1)c1ccc2c(c1)OCO2. The first-order valence-electron chi connectivity index (χ1n) is 7.02. The number of ether oxygens (including phenoxy) is 2. The summed E-state index contributed by atoms with van der Waals surface area (Å²) in [6.07, 6.45) is 0. The molecule has 1 atom stereocenters. The smallest absolute Gasteiger partial charge is 0.231 e. The predicted molar refractivity (Wildman–Crippen MR) is 86.3 cm³/mol. The lowest BCUT2D eigenvalue weighted by Crippen LogP contribution is -2.18. The standard InChI is InChI=1S/C17H19NO2S/c1-12-3-6-14(7-4-12)21-10-15(18-2)13-5-8-16-17(9-13)20-11-19-16/h3-9,15,18H,10-11H2,1-2H3. The summed E-state index contributed by atoms with van der Waals surface area (Å²) in [5.74, 6) is 2.65. The Kier molecular flexibility index (Phi) is 4.36. The highest BCUT2D eigenvalue weighted by Gasteiger charge is 2.17. The van der Waals surface area contributed by atoms with E-state index in [1.165, 1.54) is 16.0 Å². The summed E-state index contributed by atoms with van der Waals surface area (Å²) in [6.45, 7) is 2.43. The lowest BCUT2D eigenvalue weighted by molar-refractivity contribution is 0.174. The van der Waals surface area contributed by atoms with E-state index in [2.05, 4.69) is 48.6 Å². The number of thioether (sulfide) groups is 1. The quantitative estimate of drug-likeness (QED) is 0.852. The predicted octanol–water partition coefficient (Wildman–Crippen LogP) is 3.78. The minimum Gasteiger partial charge on any atom is -0.454 e.